The molecule has 30 heavy (non-hydrogen) atoms. The van der Waals surface area contributed by atoms with Gasteiger partial charge in [0.25, 0.3) is 10.0 Å². The number of halogens is 3. The van der Waals surface area contributed by atoms with Gasteiger partial charge in [-0.05, 0) is 23.8 Å². The SMILES string of the molecule is O=S1(=O)N=C(CN2CCN(Cc3ccc(C(F)(F)F)nc3)CC2)Nc2ccccc21. The lowest BCUT2D eigenvalue weighted by Crippen LogP contribution is -2.48. The van der Waals surface area contributed by atoms with Crippen LogP contribution in [0, 0.1) is 0 Å². The van der Waals surface area contributed by atoms with Crippen molar-refractivity contribution in [2.75, 3.05) is 38.0 Å². The number of anilines is 1. The van der Waals surface area contributed by atoms with Crippen molar-refractivity contribution in [1.82, 2.24) is 14.8 Å². The van der Waals surface area contributed by atoms with Crippen molar-refractivity contribution in [2.45, 2.75) is 17.6 Å². The number of sulfonamides is 1. The molecule has 2 aliphatic heterocycles. The number of nitrogens with zero attached hydrogens (tertiary/aromatic N) is 4. The maximum absolute atomic E-state index is 12.6. The van der Waals surface area contributed by atoms with Crippen molar-refractivity contribution in [3.63, 3.8) is 0 Å². The Balaban J connectivity index is 1.32. The van der Waals surface area contributed by atoms with Crippen molar-refractivity contribution < 1.29 is 21.6 Å². The first-order valence-electron chi connectivity index (χ1n) is 9.37. The third-order valence-corrected chi connectivity index (χ3v) is 6.41. The highest BCUT2D eigenvalue weighted by molar-refractivity contribution is 7.90. The predicted molar refractivity (Wildman–Crippen MR) is 106 cm³/mol. The van der Waals surface area contributed by atoms with Gasteiger partial charge in [-0.25, -0.2) is 0 Å². The van der Waals surface area contributed by atoms with Crippen molar-refractivity contribution in [2.24, 2.45) is 4.40 Å². The van der Waals surface area contributed by atoms with Crippen molar-refractivity contribution in [1.29, 1.82) is 0 Å². The Bertz CT molecular complexity index is 1050. The van der Waals surface area contributed by atoms with E-state index in [1.165, 1.54) is 18.3 Å². The molecular formula is C19H20F3N5O2S. The third-order valence-electron chi connectivity index (χ3n) is 5.03. The number of aromatic nitrogens is 1. The fourth-order valence-corrected chi connectivity index (χ4v) is 4.64. The molecule has 0 atom stereocenters. The van der Waals surface area contributed by atoms with Gasteiger partial charge in [-0.1, -0.05) is 18.2 Å². The summed E-state index contributed by atoms with van der Waals surface area (Å²) >= 11 is 0. The number of nitrogens with one attached hydrogen (secondary N) is 1. The van der Waals surface area contributed by atoms with Crippen LogP contribution in [-0.2, 0) is 22.7 Å². The number of benzene rings is 1. The average Bonchev–Trinajstić information content (AvgIpc) is 2.69. The number of amidine groups is 1. The van der Waals surface area contributed by atoms with Gasteiger partial charge in [-0.2, -0.15) is 21.6 Å². The Morgan fingerprint density at radius 2 is 1.63 bits per heavy atom. The van der Waals surface area contributed by atoms with E-state index in [9.17, 15) is 21.6 Å². The topological polar surface area (TPSA) is 77.9 Å². The van der Waals surface area contributed by atoms with Crippen LogP contribution in [0.3, 0.4) is 0 Å². The number of hydrogen-bond donors (Lipinski definition) is 1. The largest absolute Gasteiger partial charge is 0.433 e. The molecule has 1 aromatic carbocycles. The number of pyridine rings is 1. The predicted octanol–water partition coefficient (Wildman–Crippen LogP) is 2.43. The zero-order chi connectivity index (χ0) is 21.4. The molecule has 2 aromatic rings. The molecule has 3 heterocycles. The summed E-state index contributed by atoms with van der Waals surface area (Å²) in [6.07, 6.45) is -3.17. The summed E-state index contributed by atoms with van der Waals surface area (Å²) in [4.78, 5) is 7.89. The summed E-state index contributed by atoms with van der Waals surface area (Å²) in [5.41, 5.74) is 0.349. The molecule has 2 aliphatic rings. The summed E-state index contributed by atoms with van der Waals surface area (Å²) in [5.74, 6) is 0.383. The number of piperazine rings is 1. The van der Waals surface area contributed by atoms with Crippen LogP contribution in [0.5, 0.6) is 0 Å². The smallest absolute Gasteiger partial charge is 0.341 e. The molecule has 0 saturated carbocycles. The minimum Gasteiger partial charge on any atom is -0.341 e. The van der Waals surface area contributed by atoms with E-state index in [1.54, 1.807) is 18.2 Å². The maximum atomic E-state index is 12.6. The molecular weight excluding hydrogens is 419 g/mol. The first-order chi connectivity index (χ1) is 14.2. The van der Waals surface area contributed by atoms with Crippen molar-refractivity contribution >= 4 is 21.5 Å². The van der Waals surface area contributed by atoms with Crippen LogP contribution in [0.2, 0.25) is 0 Å². The minimum absolute atomic E-state index is 0.170. The van der Waals surface area contributed by atoms with Crippen LogP contribution in [0.4, 0.5) is 18.9 Å². The number of para-hydroxylation sites is 1. The lowest BCUT2D eigenvalue weighted by atomic mass is 10.2. The molecule has 1 saturated heterocycles. The molecule has 1 aromatic heterocycles. The second-order valence-corrected chi connectivity index (χ2v) is 8.81. The Morgan fingerprint density at radius 3 is 2.27 bits per heavy atom. The fourth-order valence-electron chi connectivity index (χ4n) is 3.50. The molecule has 0 bridgehead atoms. The number of rotatable bonds is 4. The van der Waals surface area contributed by atoms with Crippen LogP contribution in [0.1, 0.15) is 11.3 Å². The molecule has 7 nitrogen and oxygen atoms in total. The van der Waals surface area contributed by atoms with E-state index in [-0.39, 0.29) is 4.90 Å². The van der Waals surface area contributed by atoms with Crippen LogP contribution >= 0.6 is 0 Å². The summed E-state index contributed by atoms with van der Waals surface area (Å²) in [5, 5.41) is 3.08. The van der Waals surface area contributed by atoms with E-state index in [0.717, 1.165) is 11.6 Å². The maximum Gasteiger partial charge on any atom is 0.433 e. The first kappa shape index (κ1) is 20.8. The Kier molecular flexibility index (Phi) is 5.51. The lowest BCUT2D eigenvalue weighted by molar-refractivity contribution is -0.141. The van der Waals surface area contributed by atoms with Gasteiger partial charge in [0.15, 0.2) is 0 Å². The van der Waals surface area contributed by atoms with Crippen LogP contribution in [0.25, 0.3) is 0 Å². The standard InChI is InChI=1S/C19H20F3N5O2S/c20-19(21,22)17-6-5-14(11-23-17)12-26-7-9-27(10-8-26)13-18-24-15-3-1-2-4-16(15)30(28,29)25-18/h1-6,11H,7-10,12-13H2,(H,24,25). The van der Waals surface area contributed by atoms with Gasteiger partial charge < -0.3 is 5.32 Å². The van der Waals surface area contributed by atoms with Crippen molar-refractivity contribution in [3.05, 3.63) is 53.9 Å². The quantitative estimate of drug-likeness (QED) is 0.789. The first-order valence-corrected chi connectivity index (χ1v) is 10.8. The van der Waals surface area contributed by atoms with Gasteiger partial charge in [0.1, 0.15) is 16.4 Å². The molecule has 0 spiro atoms. The number of alkyl halides is 3. The summed E-state index contributed by atoms with van der Waals surface area (Å²) < 4.78 is 66.4. The highest BCUT2D eigenvalue weighted by atomic mass is 32.2. The molecule has 11 heteroatoms. The number of hydrogen-bond acceptors (Lipinski definition) is 6. The minimum atomic E-state index is -4.44. The zero-order valence-corrected chi connectivity index (χ0v) is 16.7. The molecule has 1 N–H and O–H groups in total. The second-order valence-electron chi connectivity index (χ2n) is 7.24. The van der Waals surface area contributed by atoms with Gasteiger partial charge in [0, 0.05) is 38.9 Å². The average molecular weight is 439 g/mol. The highest BCUT2D eigenvalue weighted by Gasteiger charge is 2.32. The Hall–Kier alpha value is -2.50. The lowest BCUT2D eigenvalue weighted by Gasteiger charge is -2.35. The molecule has 0 amide bonds. The fraction of sp³-hybridized carbons (Fsp3) is 0.368. The summed E-state index contributed by atoms with van der Waals surface area (Å²) in [6, 6.07) is 9.09. The Morgan fingerprint density at radius 1 is 0.967 bits per heavy atom. The van der Waals surface area contributed by atoms with Gasteiger partial charge in [-0.15, -0.1) is 4.40 Å². The van der Waals surface area contributed by atoms with Crippen LogP contribution < -0.4 is 5.32 Å². The molecule has 0 aliphatic carbocycles. The number of fused-ring (bicyclic) bond motifs is 1. The summed E-state index contributed by atoms with van der Waals surface area (Å²) in [7, 11) is -3.71. The summed E-state index contributed by atoms with van der Waals surface area (Å²) in [6.45, 7) is 3.69. The van der Waals surface area contributed by atoms with Gasteiger partial charge >= 0.3 is 6.18 Å². The van der Waals surface area contributed by atoms with E-state index in [1.807, 2.05) is 0 Å². The van der Waals surface area contributed by atoms with E-state index in [0.29, 0.717) is 50.8 Å². The monoisotopic (exact) mass is 439 g/mol. The second kappa shape index (κ2) is 7.97. The van der Waals surface area contributed by atoms with E-state index in [4.69, 9.17) is 0 Å². The van der Waals surface area contributed by atoms with Crippen molar-refractivity contribution in [3.8, 4) is 0 Å². The van der Waals surface area contributed by atoms with E-state index in [2.05, 4.69) is 24.5 Å². The van der Waals surface area contributed by atoms with E-state index < -0.39 is 21.9 Å². The van der Waals surface area contributed by atoms with Crippen LogP contribution in [0.15, 0.2) is 51.9 Å². The molecule has 4 rings (SSSR count). The third kappa shape index (κ3) is 4.63. The van der Waals surface area contributed by atoms with Gasteiger partial charge in [0.2, 0.25) is 0 Å². The molecule has 0 radical (unpaired) electrons. The zero-order valence-electron chi connectivity index (χ0n) is 15.9. The van der Waals surface area contributed by atoms with E-state index >= 15 is 0 Å². The Labute approximate surface area is 172 Å². The van der Waals surface area contributed by atoms with Crippen LogP contribution in [-0.4, -0.2) is 61.8 Å². The van der Waals surface area contributed by atoms with Gasteiger partial charge in [-0.3, -0.25) is 14.8 Å². The molecule has 0 unspecified atom stereocenters. The normalized spacial score (nSPS) is 19.6. The molecule has 1 fully saturated rings. The molecule has 160 valence electrons. The highest BCUT2D eigenvalue weighted by Crippen LogP contribution is 2.28. The van der Waals surface area contributed by atoms with Gasteiger partial charge in [0.05, 0.1) is 12.2 Å².